The van der Waals surface area contributed by atoms with Crippen molar-refractivity contribution in [2.45, 2.75) is 51.2 Å². The van der Waals surface area contributed by atoms with Crippen LogP contribution in [-0.2, 0) is 16.1 Å². The molecule has 3 heterocycles. The van der Waals surface area contributed by atoms with Crippen LogP contribution in [0.3, 0.4) is 0 Å². The largest absolute Gasteiger partial charge is 0.464 e. The maximum atomic E-state index is 11.9. The molecule has 0 aliphatic heterocycles. The minimum Gasteiger partial charge on any atom is -0.464 e. The fraction of sp³-hybridized carbons (Fsp3) is 0.478. The number of rotatable bonds is 9. The highest BCUT2D eigenvalue weighted by Crippen LogP contribution is 2.29. The summed E-state index contributed by atoms with van der Waals surface area (Å²) in [5.41, 5.74) is 7.41. The zero-order valence-electron chi connectivity index (χ0n) is 19.4. The molecule has 11 heteroatoms. The molecule has 0 spiro atoms. The van der Waals surface area contributed by atoms with Crippen molar-refractivity contribution in [1.82, 2.24) is 14.6 Å². The zero-order valence-corrected chi connectivity index (χ0v) is 21.0. The molecule has 182 valence electrons. The van der Waals surface area contributed by atoms with Crippen molar-refractivity contribution in [3.8, 4) is 0 Å². The lowest BCUT2D eigenvalue weighted by Gasteiger charge is -2.32. The lowest BCUT2D eigenvalue weighted by atomic mass is 9.85. The Balaban J connectivity index is 1.52. The molecule has 4 rings (SSSR count). The number of ether oxygens (including phenoxy) is 1. The Bertz CT molecular complexity index is 1140. The summed E-state index contributed by atoms with van der Waals surface area (Å²) in [6.45, 7) is 2.58. The second-order valence-corrected chi connectivity index (χ2v) is 9.43. The number of carbonyl (C=O) groups is 1. The summed E-state index contributed by atoms with van der Waals surface area (Å²) < 4.78 is 9.68. The number of anilines is 2. The first-order valence-corrected chi connectivity index (χ1v) is 12.3. The maximum absolute atomic E-state index is 11.9. The predicted molar refractivity (Wildman–Crippen MR) is 131 cm³/mol. The Morgan fingerprint density at radius 3 is 3.03 bits per heavy atom. The number of hydrogen-bond donors (Lipinski definition) is 3. The van der Waals surface area contributed by atoms with E-state index in [0.717, 1.165) is 47.4 Å². The van der Waals surface area contributed by atoms with Crippen molar-refractivity contribution in [1.29, 1.82) is 0 Å². The molecule has 3 atom stereocenters. The molecular weight excluding hydrogens is 502 g/mol. The van der Waals surface area contributed by atoms with Gasteiger partial charge in [0.2, 0.25) is 12.4 Å². The van der Waals surface area contributed by atoms with Gasteiger partial charge < -0.3 is 21.1 Å². The van der Waals surface area contributed by atoms with E-state index in [-0.39, 0.29) is 17.9 Å². The van der Waals surface area contributed by atoms with Crippen molar-refractivity contribution in [2.24, 2.45) is 11.7 Å². The summed E-state index contributed by atoms with van der Waals surface area (Å²) in [6, 6.07) is 5.44. The van der Waals surface area contributed by atoms with Gasteiger partial charge in [-0.1, -0.05) is 12.8 Å². The highest BCUT2D eigenvalue weighted by atomic mass is 79.9. The highest BCUT2D eigenvalue weighted by Gasteiger charge is 2.27. The van der Waals surface area contributed by atoms with Gasteiger partial charge in [0.25, 0.3) is 0 Å². The number of fused-ring (bicyclic) bond motifs is 1. The predicted octanol–water partition coefficient (Wildman–Crippen LogP) is 2.31. The monoisotopic (exact) mass is 532 g/mol. The lowest BCUT2D eigenvalue weighted by Crippen LogP contribution is -2.40. The van der Waals surface area contributed by atoms with E-state index in [4.69, 9.17) is 20.3 Å². The maximum Gasteiger partial charge on any atom is 0.322 e. The van der Waals surface area contributed by atoms with Gasteiger partial charge >= 0.3 is 5.97 Å². The van der Waals surface area contributed by atoms with E-state index in [0.29, 0.717) is 18.8 Å². The van der Waals surface area contributed by atoms with Gasteiger partial charge in [-0.15, -0.1) is 0 Å². The van der Waals surface area contributed by atoms with Crippen LogP contribution in [0, 0.1) is 5.92 Å². The van der Waals surface area contributed by atoms with Gasteiger partial charge in [-0.2, -0.15) is 9.61 Å². The molecule has 0 amide bonds. The third-order valence-electron chi connectivity index (χ3n) is 6.00. The van der Waals surface area contributed by atoms with E-state index in [1.807, 2.05) is 30.6 Å². The number of nitrogens with zero attached hydrogens (tertiary/aromatic N) is 4. The van der Waals surface area contributed by atoms with Crippen LogP contribution in [0.4, 0.5) is 11.6 Å². The van der Waals surface area contributed by atoms with Gasteiger partial charge in [-0.3, -0.25) is 9.63 Å². The Labute approximate surface area is 206 Å². The molecule has 1 saturated carbocycles. The summed E-state index contributed by atoms with van der Waals surface area (Å²) in [6.07, 6.45) is 9.69. The topological polar surface area (TPSA) is 120 Å². The van der Waals surface area contributed by atoms with Crippen LogP contribution in [-0.4, -0.2) is 46.4 Å². The minimum atomic E-state index is -0.616. The molecule has 1 fully saturated rings. The number of nitrogens with two attached hydrogens (primary N) is 1. The van der Waals surface area contributed by atoms with Gasteiger partial charge in [0.15, 0.2) is 5.65 Å². The Kier molecular flexibility index (Phi) is 7.84. The van der Waals surface area contributed by atoms with E-state index in [1.54, 1.807) is 29.5 Å². The summed E-state index contributed by atoms with van der Waals surface area (Å²) in [7, 11) is 1.62. The molecule has 0 bridgehead atoms. The quantitative estimate of drug-likeness (QED) is 0.283. The van der Waals surface area contributed by atoms with E-state index in [2.05, 4.69) is 31.7 Å². The number of pyridine rings is 1. The molecule has 0 unspecified atom stereocenters. The summed E-state index contributed by atoms with van der Waals surface area (Å²) in [4.78, 5) is 21.9. The molecule has 3 aromatic rings. The molecular formula is C23H31BrN7O3+. The Morgan fingerprint density at radius 1 is 1.41 bits per heavy atom. The molecule has 0 aromatic carbocycles. The van der Waals surface area contributed by atoms with Crippen LogP contribution in [0.25, 0.3) is 5.65 Å². The van der Waals surface area contributed by atoms with Crippen molar-refractivity contribution < 1.29 is 19.1 Å². The van der Waals surface area contributed by atoms with Crippen LogP contribution >= 0.6 is 15.9 Å². The normalized spacial score (nSPS) is 18.9. The van der Waals surface area contributed by atoms with Crippen LogP contribution in [0.1, 0.15) is 38.2 Å². The number of nitrogens with one attached hydrogen (secondary N) is 2. The van der Waals surface area contributed by atoms with Crippen molar-refractivity contribution in [2.75, 3.05) is 24.4 Å². The molecule has 1 aliphatic carbocycles. The zero-order chi connectivity index (χ0) is 24.1. The van der Waals surface area contributed by atoms with Crippen LogP contribution in [0.15, 0.2) is 41.3 Å². The van der Waals surface area contributed by atoms with Gasteiger partial charge in [0.1, 0.15) is 24.8 Å². The number of hydrogen-bond acceptors (Lipinski definition) is 8. The third kappa shape index (κ3) is 5.76. The smallest absolute Gasteiger partial charge is 0.322 e. The average molecular weight is 533 g/mol. The van der Waals surface area contributed by atoms with Gasteiger partial charge in [0.05, 0.1) is 17.3 Å². The highest BCUT2D eigenvalue weighted by molar-refractivity contribution is 9.10. The first-order valence-electron chi connectivity index (χ1n) is 11.5. The molecule has 1 aliphatic rings. The van der Waals surface area contributed by atoms with Gasteiger partial charge in [-0.25, -0.2) is 4.98 Å². The summed E-state index contributed by atoms with van der Waals surface area (Å²) in [5.74, 6) is 1.38. The molecule has 0 saturated heterocycles. The van der Waals surface area contributed by atoms with Crippen molar-refractivity contribution >= 4 is 39.2 Å². The molecule has 0 radical (unpaired) electrons. The third-order valence-corrected chi connectivity index (χ3v) is 6.56. The van der Waals surface area contributed by atoms with Crippen molar-refractivity contribution in [3.63, 3.8) is 0 Å². The van der Waals surface area contributed by atoms with Crippen LogP contribution in [0.5, 0.6) is 0 Å². The Morgan fingerprint density at radius 2 is 2.24 bits per heavy atom. The van der Waals surface area contributed by atoms with Gasteiger partial charge in [0, 0.05) is 40.9 Å². The molecule has 3 aromatic heterocycles. The second-order valence-electron chi connectivity index (χ2n) is 8.58. The molecule has 34 heavy (non-hydrogen) atoms. The van der Waals surface area contributed by atoms with E-state index in [1.165, 1.54) is 0 Å². The van der Waals surface area contributed by atoms with E-state index in [9.17, 15) is 4.79 Å². The fourth-order valence-corrected chi connectivity index (χ4v) is 4.50. The Hall–Kier alpha value is -2.92. The van der Waals surface area contributed by atoms with E-state index >= 15 is 0 Å². The van der Waals surface area contributed by atoms with Crippen LogP contribution < -0.4 is 25.9 Å². The van der Waals surface area contributed by atoms with E-state index < -0.39 is 6.04 Å². The SMILES string of the molecule is CO[n+]1cccc(CNc2cc(N[C@H]3CCCC[C@H]3COC(=O)[C@@H](C)N)nc3c(Br)cnn23)c1. The number of carbonyl (C=O) groups excluding carboxylic acids is 1. The molecule has 4 N–H and O–H groups in total. The van der Waals surface area contributed by atoms with Gasteiger partial charge in [-0.05, 0) is 41.8 Å². The average Bonchev–Trinajstić information content (AvgIpc) is 3.22. The molecule has 10 nitrogen and oxygen atoms in total. The van der Waals surface area contributed by atoms with Crippen LogP contribution in [0.2, 0.25) is 0 Å². The standard InChI is InChI=1S/C23H31BrN7O3/c1-15(25)23(32)34-14-17-7-3-4-8-19(17)28-20-10-21(31-22(29-20)18(24)12-27-31)26-11-16-6-5-9-30(13-16)33-2/h5-6,9-10,12-13,15,17,19,26H,3-4,7-8,11,14,25H2,1-2H3,(H,28,29)/q+1/t15-,17+,19+/m1/s1. The second kappa shape index (κ2) is 11.0. The first-order chi connectivity index (χ1) is 16.4. The summed E-state index contributed by atoms with van der Waals surface area (Å²) in [5, 5.41) is 11.5. The van der Waals surface area contributed by atoms with Crippen molar-refractivity contribution in [3.05, 3.63) is 46.8 Å². The minimum absolute atomic E-state index is 0.147. The lowest BCUT2D eigenvalue weighted by molar-refractivity contribution is -0.885. The first kappa shape index (κ1) is 24.2. The number of esters is 1. The number of aromatic nitrogens is 4. The summed E-state index contributed by atoms with van der Waals surface area (Å²) >= 11 is 3.55. The fourth-order valence-electron chi connectivity index (χ4n) is 4.16. The number of halogens is 1.